The second-order valence-corrected chi connectivity index (χ2v) is 14.8. The lowest BCUT2D eigenvalue weighted by molar-refractivity contribution is 0.668. The lowest BCUT2D eigenvalue weighted by Gasteiger charge is -2.13. The summed E-state index contributed by atoms with van der Waals surface area (Å²) >= 11 is 0. The maximum Gasteiger partial charge on any atom is 0.164 e. The van der Waals surface area contributed by atoms with Crippen LogP contribution in [0.25, 0.3) is 116 Å². The van der Waals surface area contributed by atoms with Gasteiger partial charge in [0.25, 0.3) is 0 Å². The van der Waals surface area contributed by atoms with E-state index in [0.29, 0.717) is 17.5 Å². The van der Waals surface area contributed by atoms with Gasteiger partial charge in [0, 0.05) is 44.3 Å². The van der Waals surface area contributed by atoms with E-state index in [-0.39, 0.29) is 0 Å². The molecule has 270 valence electrons. The zero-order chi connectivity index (χ0) is 38.2. The first kappa shape index (κ1) is 32.4. The number of para-hydroxylation sites is 2. The van der Waals surface area contributed by atoms with Crippen molar-refractivity contribution < 1.29 is 4.42 Å². The number of hydrogen-bond donors (Lipinski definition) is 0. The van der Waals surface area contributed by atoms with E-state index in [1.165, 1.54) is 21.5 Å². The van der Waals surface area contributed by atoms with E-state index in [4.69, 9.17) is 19.4 Å². The minimum absolute atomic E-state index is 0.574. The Morgan fingerprint density at radius 3 is 1.74 bits per heavy atom. The van der Waals surface area contributed by atoms with Gasteiger partial charge in [-0.3, -0.25) is 0 Å². The molecule has 0 saturated carbocycles. The van der Waals surface area contributed by atoms with E-state index in [2.05, 4.69) is 180 Å². The fourth-order valence-electron chi connectivity index (χ4n) is 8.60. The van der Waals surface area contributed by atoms with Crippen molar-refractivity contribution in [2.45, 2.75) is 0 Å². The Hall–Kier alpha value is -7.89. The van der Waals surface area contributed by atoms with Crippen molar-refractivity contribution >= 4 is 65.3 Å². The van der Waals surface area contributed by atoms with Crippen molar-refractivity contribution in [2.75, 3.05) is 0 Å². The normalized spacial score (nSPS) is 11.8. The molecule has 9 aromatic carbocycles. The van der Waals surface area contributed by atoms with Gasteiger partial charge in [-0.1, -0.05) is 152 Å². The van der Waals surface area contributed by atoms with Crippen LogP contribution in [-0.2, 0) is 0 Å². The first-order valence-corrected chi connectivity index (χ1v) is 19.5. The molecule has 5 nitrogen and oxygen atoms in total. The standard InChI is InChI=1S/C53H32N4O/c1-2-12-33(13-3-1)35-22-25-36(26-23-35)51-54-52(40-27-24-34-14-4-5-15-37(34)28-40)56-53(55-51)45-31-41(32-49-50(45)43-19-9-11-21-48(43)58-49)57-46-20-10-8-18-42(46)44-29-38-16-6-7-17-39(38)30-47(44)57/h1-32H. The van der Waals surface area contributed by atoms with E-state index in [0.717, 1.165) is 77.2 Å². The molecule has 3 heterocycles. The average molecular weight is 741 g/mol. The smallest absolute Gasteiger partial charge is 0.164 e. The molecule has 0 fully saturated rings. The van der Waals surface area contributed by atoms with Crippen LogP contribution >= 0.6 is 0 Å². The third-order valence-electron chi connectivity index (χ3n) is 11.4. The Bertz CT molecular complexity index is 3560. The fourth-order valence-corrected chi connectivity index (χ4v) is 8.60. The molecule has 0 bridgehead atoms. The highest BCUT2D eigenvalue weighted by Crippen LogP contribution is 2.41. The Kier molecular flexibility index (Phi) is 7.16. The molecule has 0 aliphatic carbocycles. The second-order valence-electron chi connectivity index (χ2n) is 14.8. The third kappa shape index (κ3) is 5.21. The third-order valence-corrected chi connectivity index (χ3v) is 11.4. The summed E-state index contributed by atoms with van der Waals surface area (Å²) in [5, 5.41) is 9.04. The average Bonchev–Trinajstić information content (AvgIpc) is 3.83. The number of furan rings is 1. The molecule has 58 heavy (non-hydrogen) atoms. The summed E-state index contributed by atoms with van der Waals surface area (Å²) in [6.45, 7) is 0. The predicted molar refractivity (Wildman–Crippen MR) is 238 cm³/mol. The Morgan fingerprint density at radius 1 is 0.345 bits per heavy atom. The summed E-state index contributed by atoms with van der Waals surface area (Å²) < 4.78 is 9.05. The molecule has 0 radical (unpaired) electrons. The zero-order valence-electron chi connectivity index (χ0n) is 31.2. The topological polar surface area (TPSA) is 56.7 Å². The van der Waals surface area contributed by atoms with Crippen LogP contribution in [0.5, 0.6) is 0 Å². The Balaban J connectivity index is 1.14. The van der Waals surface area contributed by atoms with Gasteiger partial charge in [0.05, 0.1) is 16.7 Å². The monoisotopic (exact) mass is 740 g/mol. The van der Waals surface area contributed by atoms with Gasteiger partial charge in [0.2, 0.25) is 0 Å². The molecule has 0 unspecified atom stereocenters. The number of nitrogens with zero attached hydrogens (tertiary/aromatic N) is 4. The highest BCUT2D eigenvalue weighted by Gasteiger charge is 2.22. The van der Waals surface area contributed by atoms with Crippen molar-refractivity contribution in [1.82, 2.24) is 19.5 Å². The second kappa shape index (κ2) is 12.8. The van der Waals surface area contributed by atoms with Gasteiger partial charge in [0.1, 0.15) is 11.2 Å². The summed E-state index contributed by atoms with van der Waals surface area (Å²) in [7, 11) is 0. The number of benzene rings is 9. The molecule has 0 aliphatic heterocycles. The molecule has 0 amide bonds. The molecule has 0 spiro atoms. The maximum absolute atomic E-state index is 6.70. The van der Waals surface area contributed by atoms with Gasteiger partial charge in [-0.25, -0.2) is 15.0 Å². The van der Waals surface area contributed by atoms with Gasteiger partial charge >= 0.3 is 0 Å². The lowest BCUT2D eigenvalue weighted by Crippen LogP contribution is -2.02. The molecule has 0 N–H and O–H groups in total. The minimum Gasteiger partial charge on any atom is -0.456 e. The number of fused-ring (bicyclic) bond motifs is 8. The fraction of sp³-hybridized carbons (Fsp3) is 0. The molecule has 0 atom stereocenters. The van der Waals surface area contributed by atoms with Gasteiger partial charge in [-0.05, 0) is 69.1 Å². The summed E-state index contributed by atoms with van der Waals surface area (Å²) in [4.78, 5) is 15.8. The first-order chi connectivity index (χ1) is 28.7. The summed E-state index contributed by atoms with van der Waals surface area (Å²) in [5.41, 5.74) is 9.76. The molecule has 5 heteroatoms. The van der Waals surface area contributed by atoms with E-state index in [1.807, 2.05) is 18.2 Å². The predicted octanol–water partition coefficient (Wildman–Crippen LogP) is 13.8. The van der Waals surface area contributed by atoms with Crippen molar-refractivity contribution in [3.8, 4) is 51.0 Å². The first-order valence-electron chi connectivity index (χ1n) is 19.5. The van der Waals surface area contributed by atoms with Gasteiger partial charge < -0.3 is 8.98 Å². The van der Waals surface area contributed by atoms with Crippen LogP contribution < -0.4 is 0 Å². The van der Waals surface area contributed by atoms with Crippen molar-refractivity contribution in [3.05, 3.63) is 194 Å². The Labute approximate surface area is 333 Å². The number of hydrogen-bond acceptors (Lipinski definition) is 4. The summed E-state index contributed by atoms with van der Waals surface area (Å²) in [5.74, 6) is 1.78. The number of aromatic nitrogens is 4. The molecule has 0 aliphatic rings. The van der Waals surface area contributed by atoms with Crippen LogP contribution in [0.1, 0.15) is 0 Å². The lowest BCUT2D eigenvalue weighted by atomic mass is 10.0. The van der Waals surface area contributed by atoms with E-state index < -0.39 is 0 Å². The van der Waals surface area contributed by atoms with Gasteiger partial charge in [-0.15, -0.1) is 0 Å². The Morgan fingerprint density at radius 2 is 0.931 bits per heavy atom. The van der Waals surface area contributed by atoms with Crippen molar-refractivity contribution in [1.29, 1.82) is 0 Å². The quantitative estimate of drug-likeness (QED) is 0.176. The molecule has 12 rings (SSSR count). The van der Waals surface area contributed by atoms with Crippen LogP contribution in [0.3, 0.4) is 0 Å². The summed E-state index contributed by atoms with van der Waals surface area (Å²) in [6.07, 6.45) is 0. The van der Waals surface area contributed by atoms with E-state index in [1.54, 1.807) is 0 Å². The van der Waals surface area contributed by atoms with E-state index in [9.17, 15) is 0 Å². The van der Waals surface area contributed by atoms with E-state index >= 15 is 0 Å². The number of rotatable bonds is 5. The van der Waals surface area contributed by atoms with Crippen LogP contribution in [0.15, 0.2) is 199 Å². The molecule has 12 aromatic rings. The van der Waals surface area contributed by atoms with Crippen molar-refractivity contribution in [3.63, 3.8) is 0 Å². The van der Waals surface area contributed by atoms with Crippen LogP contribution in [0.4, 0.5) is 0 Å². The van der Waals surface area contributed by atoms with Crippen molar-refractivity contribution in [2.24, 2.45) is 0 Å². The van der Waals surface area contributed by atoms with Crippen LogP contribution in [-0.4, -0.2) is 19.5 Å². The molecule has 0 saturated heterocycles. The largest absolute Gasteiger partial charge is 0.456 e. The minimum atomic E-state index is 0.574. The zero-order valence-corrected chi connectivity index (χ0v) is 31.2. The van der Waals surface area contributed by atoms with Gasteiger partial charge in [0.15, 0.2) is 17.5 Å². The summed E-state index contributed by atoms with van der Waals surface area (Å²) in [6, 6.07) is 68.1. The molecular weight excluding hydrogens is 709 g/mol. The van der Waals surface area contributed by atoms with Gasteiger partial charge in [-0.2, -0.15) is 0 Å². The maximum atomic E-state index is 6.70. The molecular formula is C53H32N4O. The highest BCUT2D eigenvalue weighted by molar-refractivity contribution is 6.16. The molecule has 3 aromatic heterocycles. The van der Waals surface area contributed by atoms with Crippen LogP contribution in [0.2, 0.25) is 0 Å². The SMILES string of the molecule is c1ccc(-c2ccc(-c3nc(-c4ccc5ccccc5c4)nc(-c4cc(-n5c6ccccc6c6cc7ccccc7cc65)cc5oc6ccccc6c45)n3)cc2)cc1. The highest BCUT2D eigenvalue weighted by atomic mass is 16.3. The van der Waals surface area contributed by atoms with Crippen LogP contribution in [0, 0.1) is 0 Å².